The highest BCUT2D eigenvalue weighted by Gasteiger charge is 2.09. The van der Waals surface area contributed by atoms with Crippen molar-refractivity contribution in [3.63, 3.8) is 0 Å². The molecule has 0 saturated heterocycles. The molecule has 0 aliphatic heterocycles. The summed E-state index contributed by atoms with van der Waals surface area (Å²) in [6, 6.07) is 13.7. The molecule has 18 heavy (non-hydrogen) atoms. The smallest absolute Gasteiger partial charge is 0.339 e. The molecule has 2 rings (SSSR count). The molecule has 0 amide bonds. The quantitative estimate of drug-likeness (QED) is 0.812. The van der Waals surface area contributed by atoms with Crippen LogP contribution in [0.2, 0.25) is 0 Å². The summed E-state index contributed by atoms with van der Waals surface area (Å²) in [5.74, 6) is -1.44. The normalized spacial score (nSPS) is 10.7. The van der Waals surface area contributed by atoms with Gasteiger partial charge in [-0.3, -0.25) is 4.99 Å². The molecule has 0 bridgehead atoms. The molecule has 0 atom stereocenters. The van der Waals surface area contributed by atoms with Crippen LogP contribution in [0, 0.1) is 0 Å². The molecular formula is C14H11NO3. The van der Waals surface area contributed by atoms with Crippen molar-refractivity contribution in [2.24, 2.45) is 4.99 Å². The van der Waals surface area contributed by atoms with E-state index in [-0.39, 0.29) is 11.3 Å². The van der Waals surface area contributed by atoms with Crippen LogP contribution in [0.25, 0.3) is 0 Å². The van der Waals surface area contributed by atoms with E-state index in [4.69, 9.17) is 5.11 Å². The SMILES string of the molecule is O=C(O)c1cc(/N=C/c2ccccc2)ccc1O. The number of rotatable bonds is 3. The largest absolute Gasteiger partial charge is 0.507 e. The van der Waals surface area contributed by atoms with Crippen molar-refractivity contribution in [1.82, 2.24) is 0 Å². The summed E-state index contributed by atoms with van der Waals surface area (Å²) in [6.07, 6.45) is 1.64. The molecule has 2 aromatic rings. The molecule has 0 spiro atoms. The van der Waals surface area contributed by atoms with Gasteiger partial charge in [0, 0.05) is 6.21 Å². The molecule has 0 aromatic heterocycles. The summed E-state index contributed by atoms with van der Waals surface area (Å²) in [5, 5.41) is 18.2. The molecule has 0 fully saturated rings. The summed E-state index contributed by atoms with van der Waals surface area (Å²) >= 11 is 0. The van der Waals surface area contributed by atoms with E-state index in [0.717, 1.165) is 5.56 Å². The molecule has 0 radical (unpaired) electrons. The van der Waals surface area contributed by atoms with Crippen molar-refractivity contribution < 1.29 is 15.0 Å². The first kappa shape index (κ1) is 11.9. The number of hydrogen-bond donors (Lipinski definition) is 2. The van der Waals surface area contributed by atoms with Crippen LogP contribution in [-0.4, -0.2) is 22.4 Å². The number of hydrogen-bond acceptors (Lipinski definition) is 3. The minimum Gasteiger partial charge on any atom is -0.507 e. The average molecular weight is 241 g/mol. The zero-order chi connectivity index (χ0) is 13.0. The van der Waals surface area contributed by atoms with Crippen LogP contribution < -0.4 is 0 Å². The number of benzene rings is 2. The van der Waals surface area contributed by atoms with Gasteiger partial charge >= 0.3 is 5.97 Å². The Morgan fingerprint density at radius 1 is 1.11 bits per heavy atom. The average Bonchev–Trinajstić information content (AvgIpc) is 2.38. The molecule has 4 heteroatoms. The molecule has 0 saturated carbocycles. The highest BCUT2D eigenvalue weighted by molar-refractivity contribution is 5.92. The van der Waals surface area contributed by atoms with E-state index in [1.54, 1.807) is 12.3 Å². The van der Waals surface area contributed by atoms with E-state index in [1.807, 2.05) is 30.3 Å². The fourth-order valence-corrected chi connectivity index (χ4v) is 1.46. The van der Waals surface area contributed by atoms with Gasteiger partial charge in [0.1, 0.15) is 11.3 Å². The summed E-state index contributed by atoms with van der Waals surface area (Å²) < 4.78 is 0. The lowest BCUT2D eigenvalue weighted by molar-refractivity contribution is 0.0694. The highest BCUT2D eigenvalue weighted by Crippen LogP contribution is 2.23. The lowest BCUT2D eigenvalue weighted by Gasteiger charge is -2.00. The number of nitrogens with zero attached hydrogens (tertiary/aromatic N) is 1. The maximum absolute atomic E-state index is 10.8. The Hall–Kier alpha value is -2.62. The number of carbonyl (C=O) groups is 1. The Morgan fingerprint density at radius 3 is 2.50 bits per heavy atom. The van der Waals surface area contributed by atoms with E-state index < -0.39 is 5.97 Å². The van der Waals surface area contributed by atoms with Crippen molar-refractivity contribution in [2.45, 2.75) is 0 Å². The van der Waals surface area contributed by atoms with Crippen LogP contribution >= 0.6 is 0 Å². The van der Waals surface area contributed by atoms with Gasteiger partial charge < -0.3 is 10.2 Å². The van der Waals surface area contributed by atoms with Gasteiger partial charge in [0.15, 0.2) is 0 Å². The third-order valence-electron chi connectivity index (χ3n) is 2.37. The fraction of sp³-hybridized carbons (Fsp3) is 0. The summed E-state index contributed by atoms with van der Waals surface area (Å²) in [6.45, 7) is 0. The van der Waals surface area contributed by atoms with Gasteiger partial charge in [0.2, 0.25) is 0 Å². The minimum atomic E-state index is -1.18. The van der Waals surface area contributed by atoms with Gasteiger partial charge in [0.25, 0.3) is 0 Å². The van der Waals surface area contributed by atoms with Crippen LogP contribution in [0.1, 0.15) is 15.9 Å². The van der Waals surface area contributed by atoms with E-state index >= 15 is 0 Å². The predicted octanol–water partition coefficient (Wildman–Crippen LogP) is 2.84. The number of carboxylic acids is 1. The predicted molar refractivity (Wildman–Crippen MR) is 68.8 cm³/mol. The maximum Gasteiger partial charge on any atom is 0.339 e. The Kier molecular flexibility index (Phi) is 3.38. The van der Waals surface area contributed by atoms with Crippen LogP contribution in [0.5, 0.6) is 5.75 Å². The van der Waals surface area contributed by atoms with Gasteiger partial charge in [-0.05, 0) is 23.8 Å². The Morgan fingerprint density at radius 2 is 1.83 bits per heavy atom. The van der Waals surface area contributed by atoms with Crippen molar-refractivity contribution in [3.8, 4) is 5.75 Å². The van der Waals surface area contributed by atoms with Gasteiger partial charge in [-0.2, -0.15) is 0 Å². The lowest BCUT2D eigenvalue weighted by atomic mass is 10.2. The van der Waals surface area contributed by atoms with Crippen LogP contribution in [-0.2, 0) is 0 Å². The number of aliphatic imine (C=N–C) groups is 1. The van der Waals surface area contributed by atoms with Gasteiger partial charge in [-0.25, -0.2) is 4.79 Å². The van der Waals surface area contributed by atoms with Crippen molar-refractivity contribution in [2.75, 3.05) is 0 Å². The second-order valence-corrected chi connectivity index (χ2v) is 3.68. The van der Waals surface area contributed by atoms with Crippen molar-refractivity contribution in [3.05, 3.63) is 59.7 Å². The topological polar surface area (TPSA) is 69.9 Å². The minimum absolute atomic E-state index is 0.155. The number of carboxylic acid groups (broad SMARTS) is 1. The van der Waals surface area contributed by atoms with E-state index in [0.29, 0.717) is 5.69 Å². The molecule has 2 aromatic carbocycles. The fourth-order valence-electron chi connectivity index (χ4n) is 1.46. The molecule has 90 valence electrons. The lowest BCUT2D eigenvalue weighted by Crippen LogP contribution is -1.95. The first-order valence-corrected chi connectivity index (χ1v) is 5.32. The van der Waals surface area contributed by atoms with Gasteiger partial charge in [0.05, 0.1) is 5.69 Å². The molecule has 0 heterocycles. The van der Waals surface area contributed by atoms with Crippen LogP contribution in [0.4, 0.5) is 5.69 Å². The van der Waals surface area contributed by atoms with Gasteiger partial charge in [-0.15, -0.1) is 0 Å². The Balaban J connectivity index is 2.28. The summed E-state index contributed by atoms with van der Waals surface area (Å²) in [5.41, 5.74) is 1.24. The van der Waals surface area contributed by atoms with E-state index in [1.165, 1.54) is 12.1 Å². The Bertz CT molecular complexity index is 591. The number of phenols is 1. The monoisotopic (exact) mass is 241 g/mol. The van der Waals surface area contributed by atoms with Gasteiger partial charge in [-0.1, -0.05) is 30.3 Å². The molecule has 2 N–H and O–H groups in total. The van der Waals surface area contributed by atoms with E-state index in [9.17, 15) is 9.90 Å². The number of aromatic carboxylic acids is 1. The Labute approximate surface area is 104 Å². The molecule has 0 aliphatic rings. The van der Waals surface area contributed by atoms with Crippen LogP contribution in [0.15, 0.2) is 53.5 Å². The molecule has 0 unspecified atom stereocenters. The summed E-state index contributed by atoms with van der Waals surface area (Å²) in [4.78, 5) is 15.0. The molecular weight excluding hydrogens is 230 g/mol. The zero-order valence-electron chi connectivity index (χ0n) is 9.45. The first-order chi connectivity index (χ1) is 8.66. The second-order valence-electron chi connectivity index (χ2n) is 3.68. The zero-order valence-corrected chi connectivity index (χ0v) is 9.45. The third kappa shape index (κ3) is 2.74. The molecule has 0 aliphatic carbocycles. The first-order valence-electron chi connectivity index (χ1n) is 5.32. The standard InChI is InChI=1S/C14H11NO3/c16-13-7-6-11(8-12(13)14(17)18)15-9-10-4-2-1-3-5-10/h1-9,16H,(H,17,18)/b15-9+. The third-order valence-corrected chi connectivity index (χ3v) is 2.37. The van der Waals surface area contributed by atoms with Crippen LogP contribution in [0.3, 0.4) is 0 Å². The second kappa shape index (κ2) is 5.14. The molecule has 4 nitrogen and oxygen atoms in total. The summed E-state index contributed by atoms with van der Waals surface area (Å²) in [7, 11) is 0. The maximum atomic E-state index is 10.8. The number of aromatic hydroxyl groups is 1. The van der Waals surface area contributed by atoms with Crippen molar-refractivity contribution in [1.29, 1.82) is 0 Å². The highest BCUT2D eigenvalue weighted by atomic mass is 16.4. The van der Waals surface area contributed by atoms with Crippen molar-refractivity contribution >= 4 is 17.9 Å². The van der Waals surface area contributed by atoms with E-state index in [2.05, 4.69) is 4.99 Å².